The molecule has 182 valence electrons. The molecule has 0 unspecified atom stereocenters. The van der Waals surface area contributed by atoms with Gasteiger partial charge in [0, 0.05) is 18.1 Å². The average Bonchev–Trinajstić information content (AvgIpc) is 2.83. The lowest BCUT2D eigenvalue weighted by Gasteiger charge is -2.16. The monoisotopic (exact) mass is 554 g/mol. The molecule has 3 aromatic rings. The molecular weight excluding hydrogens is 532 g/mol. The zero-order valence-corrected chi connectivity index (χ0v) is 20.8. The Bertz CT molecular complexity index is 1170. The number of nitrogens with zero attached hydrogens (tertiary/aromatic N) is 4. The quantitative estimate of drug-likeness (QED) is 0.301. The van der Waals surface area contributed by atoms with Gasteiger partial charge in [0.15, 0.2) is 11.6 Å². The van der Waals surface area contributed by atoms with Crippen molar-refractivity contribution in [2.75, 3.05) is 45.3 Å². The average molecular weight is 555 g/mol. The first-order valence-electron chi connectivity index (χ1n) is 9.90. The number of methoxy groups -OCH3 is 2. The lowest BCUT2D eigenvalue weighted by Crippen LogP contribution is -2.33. The fourth-order valence-corrected chi connectivity index (χ4v) is 3.73. The third-order valence-electron chi connectivity index (χ3n) is 4.17. The fraction of sp³-hybridized carbons (Fsp3) is 0.300. The third-order valence-corrected chi connectivity index (χ3v) is 5.74. The number of nitrogens with one attached hydrogen (secondary N) is 2. The van der Waals surface area contributed by atoms with Crippen LogP contribution in [-0.2, 0) is 14.9 Å². The van der Waals surface area contributed by atoms with Gasteiger partial charge in [0.05, 0.1) is 31.7 Å². The molecule has 0 aliphatic heterocycles. The summed E-state index contributed by atoms with van der Waals surface area (Å²) >= 11 is 3.39. The van der Waals surface area contributed by atoms with Gasteiger partial charge >= 0.3 is 6.01 Å². The number of rotatable bonds is 13. The van der Waals surface area contributed by atoms with Crippen LogP contribution in [0.2, 0.25) is 0 Å². The van der Waals surface area contributed by atoms with Crippen molar-refractivity contribution in [3.05, 3.63) is 47.5 Å². The first-order chi connectivity index (χ1) is 16.4. The van der Waals surface area contributed by atoms with Gasteiger partial charge in [-0.25, -0.2) is 9.97 Å². The normalized spacial score (nSPS) is 11.1. The summed E-state index contributed by atoms with van der Waals surface area (Å²) in [5.74, 6) is 0.734. The van der Waals surface area contributed by atoms with E-state index in [0.717, 1.165) is 4.47 Å². The number of halogens is 1. The Morgan fingerprint density at radius 2 is 1.65 bits per heavy atom. The lowest BCUT2D eigenvalue weighted by molar-refractivity contribution is 0.201. The molecule has 2 aromatic heterocycles. The van der Waals surface area contributed by atoms with Gasteiger partial charge in [-0.15, -0.1) is 0 Å². The lowest BCUT2D eigenvalue weighted by atomic mass is 10.1. The summed E-state index contributed by atoms with van der Waals surface area (Å²) in [4.78, 5) is 16.3. The minimum absolute atomic E-state index is 0.0524. The third kappa shape index (κ3) is 7.48. The molecule has 0 amide bonds. The molecule has 0 aliphatic carbocycles. The molecule has 0 saturated heterocycles. The molecule has 0 fully saturated rings. The van der Waals surface area contributed by atoms with Gasteiger partial charge in [-0.05, 0) is 17.7 Å². The van der Waals surface area contributed by atoms with Crippen LogP contribution in [0.5, 0.6) is 17.6 Å². The maximum absolute atomic E-state index is 12.5. The van der Waals surface area contributed by atoms with E-state index >= 15 is 0 Å². The Balaban J connectivity index is 1.77. The molecule has 0 radical (unpaired) electrons. The van der Waals surface area contributed by atoms with Crippen molar-refractivity contribution >= 4 is 32.0 Å². The molecule has 14 heteroatoms. The smallest absolute Gasteiger partial charge is 0.316 e. The van der Waals surface area contributed by atoms with Gasteiger partial charge in [-0.2, -0.15) is 23.1 Å². The molecule has 0 bridgehead atoms. The number of anilines is 1. The van der Waals surface area contributed by atoms with Gasteiger partial charge < -0.3 is 18.9 Å². The SMILES string of the molecule is COCCNS(=O)(=O)Nc1ncnc(OCCOc2ncc(OC)cn2)c1-c1ccc(Br)cc1. The van der Waals surface area contributed by atoms with E-state index in [-0.39, 0.29) is 44.1 Å². The highest BCUT2D eigenvalue weighted by Gasteiger charge is 2.20. The summed E-state index contributed by atoms with van der Waals surface area (Å²) < 4.78 is 51.7. The summed E-state index contributed by atoms with van der Waals surface area (Å²) in [5, 5.41) is 0. The first kappa shape index (κ1) is 25.6. The van der Waals surface area contributed by atoms with Crippen LogP contribution >= 0.6 is 15.9 Å². The topological polar surface area (TPSA) is 147 Å². The molecule has 0 aliphatic rings. The summed E-state index contributed by atoms with van der Waals surface area (Å²) in [5.41, 5.74) is 1.01. The van der Waals surface area contributed by atoms with Gasteiger partial charge in [0.2, 0.25) is 5.88 Å². The van der Waals surface area contributed by atoms with Crippen molar-refractivity contribution in [3.8, 4) is 28.8 Å². The fourth-order valence-electron chi connectivity index (χ4n) is 2.63. The van der Waals surface area contributed by atoms with Crippen LogP contribution in [0.15, 0.2) is 47.5 Å². The summed E-state index contributed by atoms with van der Waals surface area (Å²) in [6.07, 6.45) is 4.18. The van der Waals surface area contributed by atoms with E-state index in [2.05, 4.69) is 45.3 Å². The van der Waals surface area contributed by atoms with Crippen LogP contribution in [0.3, 0.4) is 0 Å². The van der Waals surface area contributed by atoms with Crippen LogP contribution in [0, 0.1) is 0 Å². The van der Waals surface area contributed by atoms with Crippen molar-refractivity contribution < 1.29 is 27.4 Å². The van der Waals surface area contributed by atoms with Gasteiger partial charge in [-0.3, -0.25) is 4.72 Å². The Labute approximate surface area is 205 Å². The highest BCUT2D eigenvalue weighted by molar-refractivity contribution is 9.10. The number of hydrogen-bond donors (Lipinski definition) is 2. The zero-order chi connectivity index (χ0) is 24.4. The first-order valence-corrected chi connectivity index (χ1v) is 12.2. The molecule has 3 rings (SSSR count). The predicted octanol–water partition coefficient (Wildman–Crippen LogP) is 2.06. The molecule has 0 saturated carbocycles. The van der Waals surface area contributed by atoms with Crippen molar-refractivity contribution in [1.82, 2.24) is 24.7 Å². The van der Waals surface area contributed by atoms with E-state index < -0.39 is 10.2 Å². The summed E-state index contributed by atoms with van der Waals surface area (Å²) in [7, 11) is -0.922. The zero-order valence-electron chi connectivity index (χ0n) is 18.4. The van der Waals surface area contributed by atoms with Gasteiger partial charge in [0.25, 0.3) is 10.2 Å². The maximum atomic E-state index is 12.5. The number of hydrogen-bond acceptors (Lipinski definition) is 10. The second-order valence-electron chi connectivity index (χ2n) is 6.50. The second-order valence-corrected chi connectivity index (χ2v) is 8.92. The number of benzene rings is 1. The van der Waals surface area contributed by atoms with E-state index in [4.69, 9.17) is 18.9 Å². The van der Waals surface area contributed by atoms with Crippen molar-refractivity contribution in [3.63, 3.8) is 0 Å². The summed E-state index contributed by atoms with van der Waals surface area (Å²) in [6, 6.07) is 7.35. The standard InChI is InChI=1S/C20H23BrN6O6S/c1-30-8-7-26-34(28,29)27-18-17(14-3-5-15(21)6-4-14)19(25-13-24-18)32-9-10-33-20-22-11-16(31-2)12-23-20/h3-6,11-13,26H,7-10H2,1-2H3,(H,24,25,27). The molecule has 2 heterocycles. The van der Waals surface area contributed by atoms with Crippen LogP contribution in [0.1, 0.15) is 0 Å². The van der Waals surface area contributed by atoms with Crippen LogP contribution in [0.4, 0.5) is 5.82 Å². The van der Waals surface area contributed by atoms with Gasteiger partial charge in [0.1, 0.15) is 19.5 Å². The van der Waals surface area contributed by atoms with E-state index in [1.807, 2.05) is 12.1 Å². The van der Waals surface area contributed by atoms with Crippen molar-refractivity contribution in [2.45, 2.75) is 0 Å². The Hall–Kier alpha value is -3.07. The van der Waals surface area contributed by atoms with E-state index in [1.54, 1.807) is 12.1 Å². The van der Waals surface area contributed by atoms with Crippen molar-refractivity contribution in [1.29, 1.82) is 0 Å². The Kier molecular flexibility index (Phi) is 9.33. The van der Waals surface area contributed by atoms with Gasteiger partial charge in [-0.1, -0.05) is 28.1 Å². The van der Waals surface area contributed by atoms with Crippen LogP contribution in [0.25, 0.3) is 11.1 Å². The molecular formula is C20H23BrN6O6S. The molecule has 12 nitrogen and oxygen atoms in total. The molecule has 2 N–H and O–H groups in total. The maximum Gasteiger partial charge on any atom is 0.316 e. The Morgan fingerprint density at radius 3 is 2.32 bits per heavy atom. The van der Waals surface area contributed by atoms with E-state index in [0.29, 0.717) is 16.9 Å². The van der Waals surface area contributed by atoms with Crippen molar-refractivity contribution in [2.24, 2.45) is 0 Å². The minimum atomic E-state index is -3.92. The molecule has 0 atom stereocenters. The highest BCUT2D eigenvalue weighted by atomic mass is 79.9. The largest absolute Gasteiger partial charge is 0.494 e. The molecule has 0 spiro atoms. The van der Waals surface area contributed by atoms with Crippen LogP contribution < -0.4 is 23.7 Å². The minimum Gasteiger partial charge on any atom is -0.494 e. The number of ether oxygens (including phenoxy) is 4. The Morgan fingerprint density at radius 1 is 0.941 bits per heavy atom. The van der Waals surface area contributed by atoms with E-state index in [1.165, 1.54) is 32.9 Å². The predicted molar refractivity (Wildman–Crippen MR) is 127 cm³/mol. The summed E-state index contributed by atoms with van der Waals surface area (Å²) in [6.45, 7) is 0.527. The molecule has 34 heavy (non-hydrogen) atoms. The number of aromatic nitrogens is 4. The van der Waals surface area contributed by atoms with Crippen LogP contribution in [-0.4, -0.2) is 68.9 Å². The highest BCUT2D eigenvalue weighted by Crippen LogP contribution is 2.34. The second kappa shape index (κ2) is 12.4. The molecule has 1 aromatic carbocycles. The van der Waals surface area contributed by atoms with E-state index in [9.17, 15) is 8.42 Å².